The van der Waals surface area contributed by atoms with Crippen molar-refractivity contribution in [2.45, 2.75) is 51.0 Å². The monoisotopic (exact) mass is 314 g/mol. The number of benzene rings is 1. The highest BCUT2D eigenvalue weighted by Gasteiger charge is 2.54. The van der Waals surface area contributed by atoms with Gasteiger partial charge in [-0.1, -0.05) is 0 Å². The second-order valence-corrected chi connectivity index (χ2v) is 7.77. The van der Waals surface area contributed by atoms with E-state index in [-0.39, 0.29) is 17.1 Å². The molecule has 0 atom stereocenters. The minimum Gasteiger partial charge on any atom is -0.307 e. The Labute approximate surface area is 135 Å². The zero-order chi connectivity index (χ0) is 16.2. The quantitative estimate of drug-likeness (QED) is 0.627. The summed E-state index contributed by atoms with van der Waals surface area (Å²) >= 11 is 0. The third kappa shape index (κ3) is 2.33. The minimum atomic E-state index is -0.396. The van der Waals surface area contributed by atoms with E-state index in [0.29, 0.717) is 0 Å². The molecular formula is C18H22N2O3. The molecule has 4 fully saturated rings. The van der Waals surface area contributed by atoms with Crippen LogP contribution in [-0.4, -0.2) is 16.4 Å². The van der Waals surface area contributed by atoms with Crippen molar-refractivity contribution in [3.05, 3.63) is 34.4 Å². The van der Waals surface area contributed by atoms with E-state index in [9.17, 15) is 14.9 Å². The second kappa shape index (κ2) is 5.05. The molecule has 4 aliphatic carbocycles. The van der Waals surface area contributed by atoms with Crippen molar-refractivity contribution in [1.82, 2.24) is 0 Å². The lowest BCUT2D eigenvalue weighted by molar-refractivity contribution is -0.384. The summed E-state index contributed by atoms with van der Waals surface area (Å²) < 4.78 is 0. The van der Waals surface area contributed by atoms with Crippen LogP contribution in [0.4, 0.5) is 11.4 Å². The lowest BCUT2D eigenvalue weighted by atomic mass is 9.52. The Morgan fingerprint density at radius 3 is 1.96 bits per heavy atom. The van der Waals surface area contributed by atoms with E-state index < -0.39 is 4.92 Å². The molecular weight excluding hydrogens is 292 g/mol. The van der Waals surface area contributed by atoms with Gasteiger partial charge in [0.25, 0.3) is 5.69 Å². The van der Waals surface area contributed by atoms with Crippen LogP contribution in [0.5, 0.6) is 0 Å². The number of rotatable bonds is 3. The molecule has 23 heavy (non-hydrogen) atoms. The second-order valence-electron chi connectivity index (χ2n) is 7.77. The average molecular weight is 314 g/mol. The number of hydrogen-bond acceptors (Lipinski definition) is 3. The van der Waals surface area contributed by atoms with Crippen LogP contribution < -0.4 is 4.90 Å². The Hall–Kier alpha value is -1.91. The van der Waals surface area contributed by atoms with E-state index in [4.69, 9.17) is 0 Å². The van der Waals surface area contributed by atoms with Gasteiger partial charge in [0.05, 0.1) is 4.92 Å². The van der Waals surface area contributed by atoms with Crippen molar-refractivity contribution in [3.8, 4) is 0 Å². The molecule has 0 N–H and O–H groups in total. The van der Waals surface area contributed by atoms with E-state index in [1.54, 1.807) is 19.1 Å². The molecule has 0 radical (unpaired) electrons. The third-order valence-electron chi connectivity index (χ3n) is 6.11. The van der Waals surface area contributed by atoms with Crippen molar-refractivity contribution in [2.24, 2.45) is 17.8 Å². The summed E-state index contributed by atoms with van der Waals surface area (Å²) in [6, 6.07) is 6.48. The molecule has 1 aromatic carbocycles. The molecule has 5 heteroatoms. The maximum absolute atomic E-state index is 12.5. The number of nitrogens with zero attached hydrogens (tertiary/aromatic N) is 2. The van der Waals surface area contributed by atoms with Crippen molar-refractivity contribution < 1.29 is 9.72 Å². The maximum atomic E-state index is 12.5. The molecule has 5 nitrogen and oxygen atoms in total. The smallest absolute Gasteiger partial charge is 0.269 e. The highest BCUT2D eigenvalue weighted by atomic mass is 16.6. The number of carbonyl (C=O) groups is 1. The first-order valence-electron chi connectivity index (χ1n) is 8.52. The fraction of sp³-hybridized carbons (Fsp3) is 0.611. The molecule has 5 rings (SSSR count). The molecule has 0 spiro atoms. The maximum Gasteiger partial charge on any atom is 0.269 e. The summed E-state index contributed by atoms with van der Waals surface area (Å²) in [5.74, 6) is 2.31. The summed E-state index contributed by atoms with van der Waals surface area (Å²) in [6.45, 7) is 1.62. The fourth-order valence-corrected chi connectivity index (χ4v) is 5.85. The van der Waals surface area contributed by atoms with E-state index in [1.807, 2.05) is 4.90 Å². The lowest BCUT2D eigenvalue weighted by Crippen LogP contribution is -2.61. The molecule has 0 saturated heterocycles. The van der Waals surface area contributed by atoms with Crippen LogP contribution in [0.1, 0.15) is 45.4 Å². The third-order valence-corrected chi connectivity index (χ3v) is 6.11. The van der Waals surface area contributed by atoms with Crippen LogP contribution in [-0.2, 0) is 4.79 Å². The van der Waals surface area contributed by atoms with E-state index in [1.165, 1.54) is 31.4 Å². The summed E-state index contributed by atoms with van der Waals surface area (Å²) in [6.07, 6.45) is 7.25. The predicted molar refractivity (Wildman–Crippen MR) is 87.2 cm³/mol. The zero-order valence-corrected chi connectivity index (χ0v) is 13.4. The van der Waals surface area contributed by atoms with Crippen molar-refractivity contribution in [3.63, 3.8) is 0 Å². The first-order chi connectivity index (χ1) is 11.0. The van der Waals surface area contributed by atoms with Gasteiger partial charge in [0.2, 0.25) is 5.91 Å². The number of nitro benzene ring substituents is 1. The normalized spacial score (nSPS) is 34.4. The number of non-ortho nitro benzene ring substituents is 1. The van der Waals surface area contributed by atoms with Gasteiger partial charge < -0.3 is 4.90 Å². The molecule has 122 valence electrons. The van der Waals surface area contributed by atoms with Crippen molar-refractivity contribution in [1.29, 1.82) is 0 Å². The Morgan fingerprint density at radius 2 is 1.57 bits per heavy atom. The highest BCUT2D eigenvalue weighted by molar-refractivity contribution is 5.93. The Balaban J connectivity index is 1.71. The molecule has 0 aromatic heterocycles. The standard InChI is InChI=1S/C18H22N2O3/c1-12(21)19(16-2-4-17(5-3-16)20(22)23)18-9-13-6-14(10-18)8-15(7-13)11-18/h2-5,13-15H,6-11H2,1H3. The number of amides is 1. The molecule has 0 unspecified atom stereocenters. The first-order valence-corrected chi connectivity index (χ1v) is 8.52. The molecule has 4 saturated carbocycles. The van der Waals surface area contributed by atoms with Gasteiger partial charge in [-0.25, -0.2) is 0 Å². The summed E-state index contributed by atoms with van der Waals surface area (Å²) in [7, 11) is 0. The van der Waals surface area contributed by atoms with E-state index >= 15 is 0 Å². The molecule has 1 amide bonds. The number of nitro groups is 1. The van der Waals surface area contributed by atoms with Crippen molar-refractivity contribution in [2.75, 3.05) is 4.90 Å². The Kier molecular flexibility index (Phi) is 3.22. The van der Waals surface area contributed by atoms with Gasteiger partial charge in [0, 0.05) is 30.3 Å². The average Bonchev–Trinajstić information content (AvgIpc) is 2.45. The van der Waals surface area contributed by atoms with Crippen LogP contribution in [0.2, 0.25) is 0 Å². The Bertz CT molecular complexity index is 617. The first kappa shape index (κ1) is 14.7. The van der Waals surface area contributed by atoms with Crippen LogP contribution >= 0.6 is 0 Å². The molecule has 4 bridgehead atoms. The van der Waals surface area contributed by atoms with Crippen LogP contribution in [0.15, 0.2) is 24.3 Å². The highest BCUT2D eigenvalue weighted by Crippen LogP contribution is 2.58. The van der Waals surface area contributed by atoms with E-state index in [0.717, 1.165) is 42.7 Å². The molecule has 0 heterocycles. The van der Waals surface area contributed by atoms with Crippen LogP contribution in [0.25, 0.3) is 0 Å². The van der Waals surface area contributed by atoms with E-state index in [2.05, 4.69) is 0 Å². The predicted octanol–water partition coefficient (Wildman–Crippen LogP) is 3.92. The van der Waals surface area contributed by atoms with Crippen LogP contribution in [0, 0.1) is 27.9 Å². The summed E-state index contributed by atoms with van der Waals surface area (Å²) in [4.78, 5) is 24.9. The van der Waals surface area contributed by atoms with Gasteiger partial charge in [-0.05, 0) is 68.4 Å². The topological polar surface area (TPSA) is 63.5 Å². The molecule has 1 aromatic rings. The SMILES string of the molecule is CC(=O)N(c1ccc([N+](=O)[O-])cc1)C12CC3CC(CC(C3)C1)C2. The van der Waals surface area contributed by atoms with Crippen LogP contribution in [0.3, 0.4) is 0 Å². The molecule has 4 aliphatic rings. The van der Waals surface area contributed by atoms with Gasteiger partial charge >= 0.3 is 0 Å². The van der Waals surface area contributed by atoms with Gasteiger partial charge in [-0.2, -0.15) is 0 Å². The van der Waals surface area contributed by atoms with Gasteiger partial charge in [-0.3, -0.25) is 14.9 Å². The Morgan fingerprint density at radius 1 is 1.09 bits per heavy atom. The number of anilines is 1. The van der Waals surface area contributed by atoms with Crippen molar-refractivity contribution >= 4 is 17.3 Å². The number of carbonyl (C=O) groups excluding carboxylic acids is 1. The largest absolute Gasteiger partial charge is 0.307 e. The number of hydrogen-bond donors (Lipinski definition) is 0. The fourth-order valence-electron chi connectivity index (χ4n) is 5.85. The lowest BCUT2D eigenvalue weighted by Gasteiger charge is -2.60. The summed E-state index contributed by atoms with van der Waals surface area (Å²) in [5, 5.41) is 10.9. The van der Waals surface area contributed by atoms with Gasteiger partial charge in [0.15, 0.2) is 0 Å². The minimum absolute atomic E-state index is 0.0563. The zero-order valence-electron chi connectivity index (χ0n) is 13.4. The summed E-state index contributed by atoms with van der Waals surface area (Å²) in [5.41, 5.74) is 0.823. The van der Waals surface area contributed by atoms with Gasteiger partial charge in [-0.15, -0.1) is 0 Å². The van der Waals surface area contributed by atoms with Gasteiger partial charge in [0.1, 0.15) is 0 Å². The molecule has 0 aliphatic heterocycles.